The van der Waals surface area contributed by atoms with Crippen LogP contribution in [0.5, 0.6) is 0 Å². The van der Waals surface area contributed by atoms with E-state index in [1.807, 2.05) is 0 Å². The summed E-state index contributed by atoms with van der Waals surface area (Å²) in [4.78, 5) is 7.08. The van der Waals surface area contributed by atoms with Crippen molar-refractivity contribution in [1.82, 2.24) is 9.97 Å². The Morgan fingerprint density at radius 3 is 1.35 bits per heavy atom. The lowest BCUT2D eigenvalue weighted by molar-refractivity contribution is -0.697. The van der Waals surface area contributed by atoms with E-state index in [0.29, 0.717) is 0 Å². The summed E-state index contributed by atoms with van der Waals surface area (Å²) in [6, 6.07) is 21.5. The van der Waals surface area contributed by atoms with Gasteiger partial charge in [0.1, 0.15) is 24.1 Å². The first-order valence-electron chi connectivity index (χ1n) is 11.6. The van der Waals surface area contributed by atoms with Gasteiger partial charge >= 0.3 is 0 Å². The third-order valence-electron chi connectivity index (χ3n) is 6.59. The minimum atomic E-state index is 0. The second-order valence-corrected chi connectivity index (χ2v) is 8.78. The highest BCUT2D eigenvalue weighted by atomic mass is 79.9. The largest absolute Gasteiger partial charge is 1.00 e. The molecule has 4 heterocycles. The molecule has 174 valence electrons. The average molecular weight is 580 g/mol. The topological polar surface area (TPSA) is 39.3 Å². The van der Waals surface area contributed by atoms with Gasteiger partial charge < -0.3 is 43.9 Å². The maximum atomic E-state index is 3.54. The maximum Gasteiger partial charge on any atom is 0.193 e. The number of nitrogens with one attached hydrogen (secondary N) is 2. The number of para-hydroxylation sites is 2. The van der Waals surface area contributed by atoms with Gasteiger partial charge in [0, 0.05) is 57.6 Å². The van der Waals surface area contributed by atoms with Crippen molar-refractivity contribution in [2.45, 2.75) is 38.8 Å². The van der Waals surface area contributed by atoms with E-state index in [-0.39, 0.29) is 34.0 Å². The Bertz CT molecular complexity index is 1430. The van der Waals surface area contributed by atoms with Crippen LogP contribution < -0.4 is 43.1 Å². The first kappa shape index (κ1) is 24.4. The number of benzene rings is 2. The fourth-order valence-corrected chi connectivity index (χ4v) is 4.91. The standard InChI is InChI=1S/C28H26N4.2BrH/c1(7-15-31-17-13-23-21-9-3-5-11-25(21)29-27(23)19-31)2-8-16-32-18-14-24-22-10-4-6-12-26(22)30-28(24)20-32;;/h3-6,9-14,17-20H,1-2,7-8,15-16H2;2*1H. The number of nitrogens with zero attached hydrogens (tertiary/aromatic N) is 2. The minimum absolute atomic E-state index is 0. The average Bonchev–Trinajstić information content (AvgIpc) is 3.38. The SMILES string of the molecule is [Br-].[Br-].c1ccc2c(c1)[nH]c1c[n+](CCCCCC[n+]3ccc4c(c3)[nH]c3ccccc34)ccc12. The normalized spacial score (nSPS) is 11.2. The van der Waals surface area contributed by atoms with Crippen molar-refractivity contribution in [3.63, 3.8) is 0 Å². The Morgan fingerprint density at radius 2 is 0.882 bits per heavy atom. The van der Waals surface area contributed by atoms with Crippen LogP contribution in [0.1, 0.15) is 25.7 Å². The predicted molar refractivity (Wildman–Crippen MR) is 130 cm³/mol. The fourth-order valence-electron chi connectivity index (χ4n) is 4.91. The fraction of sp³-hybridized carbons (Fsp3) is 0.214. The molecule has 0 amide bonds. The highest BCUT2D eigenvalue weighted by Crippen LogP contribution is 2.24. The first-order valence-corrected chi connectivity index (χ1v) is 11.6. The number of aromatic nitrogens is 4. The summed E-state index contributed by atoms with van der Waals surface area (Å²) < 4.78 is 4.63. The van der Waals surface area contributed by atoms with Gasteiger partial charge in [-0.1, -0.05) is 36.4 Å². The summed E-state index contributed by atoms with van der Waals surface area (Å²) in [6.45, 7) is 2.14. The molecule has 0 spiro atoms. The molecule has 0 aliphatic rings. The van der Waals surface area contributed by atoms with Crippen molar-refractivity contribution in [3.8, 4) is 0 Å². The molecule has 4 nitrogen and oxygen atoms in total. The molecule has 2 aromatic carbocycles. The molecule has 0 aliphatic heterocycles. The van der Waals surface area contributed by atoms with Gasteiger partial charge in [-0.3, -0.25) is 0 Å². The van der Waals surface area contributed by atoms with Crippen LogP contribution in [0.25, 0.3) is 43.6 Å². The molecule has 0 aliphatic carbocycles. The van der Waals surface area contributed by atoms with E-state index in [1.165, 1.54) is 69.3 Å². The Hall–Kier alpha value is -2.70. The van der Waals surface area contributed by atoms with Crippen LogP contribution in [0.2, 0.25) is 0 Å². The zero-order chi connectivity index (χ0) is 21.3. The van der Waals surface area contributed by atoms with Crippen molar-refractivity contribution in [3.05, 3.63) is 85.5 Å². The van der Waals surface area contributed by atoms with Crippen molar-refractivity contribution in [2.75, 3.05) is 0 Å². The van der Waals surface area contributed by atoms with E-state index in [1.54, 1.807) is 0 Å². The Labute approximate surface area is 220 Å². The molecule has 0 saturated carbocycles. The molecule has 2 N–H and O–H groups in total. The van der Waals surface area contributed by atoms with E-state index in [4.69, 9.17) is 0 Å². The van der Waals surface area contributed by atoms with E-state index in [0.717, 1.165) is 13.1 Å². The van der Waals surface area contributed by atoms with E-state index >= 15 is 0 Å². The van der Waals surface area contributed by atoms with Crippen LogP contribution >= 0.6 is 0 Å². The zero-order valence-corrected chi connectivity index (χ0v) is 22.1. The molecule has 34 heavy (non-hydrogen) atoms. The smallest absolute Gasteiger partial charge is 0.193 e. The summed E-state index contributed by atoms with van der Waals surface area (Å²) in [5, 5.41) is 5.22. The van der Waals surface area contributed by atoms with Gasteiger partial charge in [-0.2, -0.15) is 0 Å². The molecule has 0 saturated heterocycles. The van der Waals surface area contributed by atoms with Crippen LogP contribution in [-0.2, 0) is 13.1 Å². The Kier molecular flexibility index (Phi) is 7.69. The number of hydrogen-bond acceptors (Lipinski definition) is 0. The molecule has 6 heteroatoms. The van der Waals surface area contributed by atoms with Crippen LogP contribution in [0.4, 0.5) is 0 Å². The number of halogens is 2. The number of unbranched alkanes of at least 4 members (excludes halogenated alkanes) is 3. The van der Waals surface area contributed by atoms with Gasteiger partial charge in [-0.15, -0.1) is 0 Å². The van der Waals surface area contributed by atoms with Gasteiger partial charge in [0.05, 0.1) is 0 Å². The molecule has 0 fully saturated rings. The summed E-state index contributed by atoms with van der Waals surface area (Å²) in [5.41, 5.74) is 4.86. The molecular weight excluding hydrogens is 552 g/mol. The highest BCUT2D eigenvalue weighted by molar-refractivity contribution is 6.07. The third kappa shape index (κ3) is 4.75. The van der Waals surface area contributed by atoms with E-state index in [9.17, 15) is 0 Å². The minimum Gasteiger partial charge on any atom is -1.00 e. The molecule has 0 unspecified atom stereocenters. The zero-order valence-electron chi connectivity index (χ0n) is 19.0. The number of aromatic amines is 2. The molecular formula is C28H28Br2N4. The molecule has 0 radical (unpaired) electrons. The van der Waals surface area contributed by atoms with Crippen LogP contribution in [-0.4, -0.2) is 9.97 Å². The van der Waals surface area contributed by atoms with Crippen LogP contribution in [0.15, 0.2) is 85.5 Å². The van der Waals surface area contributed by atoms with E-state index < -0.39 is 0 Å². The number of rotatable bonds is 7. The van der Waals surface area contributed by atoms with Gasteiger partial charge in [0.25, 0.3) is 0 Å². The second-order valence-electron chi connectivity index (χ2n) is 8.78. The second kappa shape index (κ2) is 10.7. The van der Waals surface area contributed by atoms with Crippen molar-refractivity contribution < 1.29 is 43.1 Å². The molecule has 0 bridgehead atoms. The number of H-pyrrole nitrogens is 2. The number of pyridine rings is 2. The van der Waals surface area contributed by atoms with Gasteiger partial charge in [-0.05, 0) is 25.0 Å². The molecule has 6 aromatic rings. The number of hydrogen-bond donors (Lipinski definition) is 2. The summed E-state index contributed by atoms with van der Waals surface area (Å²) >= 11 is 0. The van der Waals surface area contributed by atoms with Crippen molar-refractivity contribution in [1.29, 1.82) is 0 Å². The van der Waals surface area contributed by atoms with Crippen molar-refractivity contribution in [2.24, 2.45) is 0 Å². The predicted octanol–water partition coefficient (Wildman–Crippen LogP) is -0.201. The lowest BCUT2D eigenvalue weighted by atomic mass is 10.1. The number of aryl methyl sites for hydroxylation is 2. The van der Waals surface area contributed by atoms with Crippen molar-refractivity contribution >= 4 is 43.6 Å². The first-order chi connectivity index (χ1) is 15.8. The van der Waals surface area contributed by atoms with Crippen LogP contribution in [0, 0.1) is 0 Å². The van der Waals surface area contributed by atoms with Gasteiger partial charge in [-0.25, -0.2) is 9.13 Å². The van der Waals surface area contributed by atoms with Gasteiger partial charge in [0.2, 0.25) is 0 Å². The van der Waals surface area contributed by atoms with Crippen LogP contribution in [0.3, 0.4) is 0 Å². The third-order valence-corrected chi connectivity index (χ3v) is 6.59. The van der Waals surface area contributed by atoms with Gasteiger partial charge in [0.15, 0.2) is 24.8 Å². The lowest BCUT2D eigenvalue weighted by Crippen LogP contribution is -3.00. The Morgan fingerprint density at radius 1 is 0.471 bits per heavy atom. The number of fused-ring (bicyclic) bond motifs is 6. The van der Waals surface area contributed by atoms with E-state index in [2.05, 4.69) is 105 Å². The summed E-state index contributed by atoms with van der Waals surface area (Å²) in [7, 11) is 0. The highest BCUT2D eigenvalue weighted by Gasteiger charge is 2.10. The maximum absolute atomic E-state index is 3.54. The molecule has 4 aromatic heterocycles. The Balaban J connectivity index is 0.00000137. The monoisotopic (exact) mass is 578 g/mol. The molecule has 6 rings (SSSR count). The summed E-state index contributed by atoms with van der Waals surface area (Å²) in [6.07, 6.45) is 13.9. The molecule has 0 atom stereocenters. The summed E-state index contributed by atoms with van der Waals surface area (Å²) in [5.74, 6) is 0. The quantitative estimate of drug-likeness (QED) is 0.194. The lowest BCUT2D eigenvalue weighted by Gasteiger charge is -2.00.